The summed E-state index contributed by atoms with van der Waals surface area (Å²) in [5.41, 5.74) is 9.46. The maximum Gasteiger partial charge on any atom is 0.126 e. The summed E-state index contributed by atoms with van der Waals surface area (Å²) >= 11 is 0. The Balaban J connectivity index is 2.35. The van der Waals surface area contributed by atoms with Crippen molar-refractivity contribution < 1.29 is 8.78 Å². The molecule has 0 fully saturated rings. The lowest BCUT2D eigenvalue weighted by Gasteiger charge is -2.10. The van der Waals surface area contributed by atoms with E-state index in [1.54, 1.807) is 4.68 Å². The minimum atomic E-state index is -0.577. The zero-order valence-corrected chi connectivity index (χ0v) is 12.0. The van der Waals surface area contributed by atoms with Crippen LogP contribution in [0.5, 0.6) is 0 Å². The topological polar surface area (TPSA) is 43.8 Å². The van der Waals surface area contributed by atoms with Crippen LogP contribution in [0.15, 0.2) is 18.2 Å². The molecule has 0 amide bonds. The van der Waals surface area contributed by atoms with Gasteiger partial charge in [0, 0.05) is 23.4 Å². The molecule has 3 nitrogen and oxygen atoms in total. The summed E-state index contributed by atoms with van der Waals surface area (Å²) in [7, 11) is 0. The van der Waals surface area contributed by atoms with Gasteiger partial charge in [0.2, 0.25) is 0 Å². The molecule has 1 aromatic carbocycles. The molecular formula is C15H19F2N3. The molecule has 0 radical (unpaired) electrons. The van der Waals surface area contributed by atoms with E-state index in [1.807, 2.05) is 20.8 Å². The highest BCUT2D eigenvalue weighted by atomic mass is 19.1. The molecule has 0 bridgehead atoms. The average molecular weight is 279 g/mol. The second-order valence-corrected chi connectivity index (χ2v) is 5.03. The highest BCUT2D eigenvalue weighted by Gasteiger charge is 2.17. The van der Waals surface area contributed by atoms with Crippen LogP contribution in [0.25, 0.3) is 0 Å². The number of benzene rings is 1. The van der Waals surface area contributed by atoms with Gasteiger partial charge in [-0.25, -0.2) is 8.78 Å². The van der Waals surface area contributed by atoms with Crippen LogP contribution in [0.1, 0.15) is 41.9 Å². The summed E-state index contributed by atoms with van der Waals surface area (Å²) in [4.78, 5) is 0. The fourth-order valence-corrected chi connectivity index (χ4v) is 2.48. The summed E-state index contributed by atoms with van der Waals surface area (Å²) in [6.45, 7) is 6.18. The summed E-state index contributed by atoms with van der Waals surface area (Å²) < 4.78 is 28.2. The molecule has 1 unspecified atom stereocenters. The zero-order valence-electron chi connectivity index (χ0n) is 12.0. The van der Waals surface area contributed by atoms with Gasteiger partial charge in [0.25, 0.3) is 0 Å². The first-order chi connectivity index (χ1) is 9.42. The van der Waals surface area contributed by atoms with Crippen molar-refractivity contribution in [2.75, 3.05) is 0 Å². The maximum atomic E-state index is 13.2. The van der Waals surface area contributed by atoms with Crippen molar-refractivity contribution in [3.05, 3.63) is 52.3 Å². The number of nitrogens with two attached hydrogens (primary N) is 1. The lowest BCUT2D eigenvalue weighted by molar-refractivity contribution is 0.572. The number of rotatable bonds is 4. The quantitative estimate of drug-likeness (QED) is 0.933. The lowest BCUT2D eigenvalue weighted by atomic mass is 10.0. The van der Waals surface area contributed by atoms with Crippen molar-refractivity contribution >= 4 is 0 Å². The summed E-state index contributed by atoms with van der Waals surface area (Å²) in [5.74, 6) is -1.15. The molecule has 20 heavy (non-hydrogen) atoms. The predicted molar refractivity (Wildman–Crippen MR) is 74.4 cm³/mol. The molecule has 0 spiro atoms. The molecule has 2 aromatic rings. The molecule has 0 saturated carbocycles. The molecule has 1 aromatic heterocycles. The predicted octanol–water partition coefficient (Wildman–Crippen LogP) is 3.24. The minimum Gasteiger partial charge on any atom is -0.324 e. The van der Waals surface area contributed by atoms with Crippen LogP contribution < -0.4 is 5.73 Å². The number of aryl methyl sites for hydroxylation is 1. The summed E-state index contributed by atoms with van der Waals surface area (Å²) in [6.07, 6.45) is 0.821. The third kappa shape index (κ3) is 2.88. The van der Waals surface area contributed by atoms with Crippen molar-refractivity contribution in [3.8, 4) is 0 Å². The van der Waals surface area contributed by atoms with Gasteiger partial charge in [-0.05, 0) is 38.0 Å². The van der Waals surface area contributed by atoms with E-state index in [2.05, 4.69) is 5.10 Å². The van der Waals surface area contributed by atoms with Crippen LogP contribution in [0.3, 0.4) is 0 Å². The number of hydrogen-bond donors (Lipinski definition) is 1. The molecular weight excluding hydrogens is 260 g/mol. The third-order valence-corrected chi connectivity index (χ3v) is 3.50. The third-order valence-electron chi connectivity index (χ3n) is 3.50. The Morgan fingerprint density at radius 2 is 1.80 bits per heavy atom. The van der Waals surface area contributed by atoms with Crippen molar-refractivity contribution in [2.24, 2.45) is 5.73 Å². The van der Waals surface area contributed by atoms with Gasteiger partial charge >= 0.3 is 0 Å². The minimum absolute atomic E-state index is 0.0620. The second-order valence-electron chi connectivity index (χ2n) is 5.03. The number of hydrogen-bond acceptors (Lipinski definition) is 2. The molecule has 0 aliphatic heterocycles. The van der Waals surface area contributed by atoms with Crippen LogP contribution in [0.2, 0.25) is 0 Å². The van der Waals surface area contributed by atoms with Gasteiger partial charge in [-0.3, -0.25) is 4.68 Å². The number of halogens is 2. The number of aromatic nitrogens is 2. The Bertz CT molecular complexity index is 600. The largest absolute Gasteiger partial charge is 0.324 e. The first-order valence-corrected chi connectivity index (χ1v) is 6.66. The first-order valence-electron chi connectivity index (χ1n) is 6.66. The van der Waals surface area contributed by atoms with E-state index in [0.29, 0.717) is 12.1 Å². The maximum absolute atomic E-state index is 13.2. The van der Waals surface area contributed by atoms with Gasteiger partial charge < -0.3 is 5.73 Å². The smallest absolute Gasteiger partial charge is 0.126 e. The fraction of sp³-hybridized carbons (Fsp3) is 0.400. The van der Waals surface area contributed by atoms with E-state index >= 15 is 0 Å². The Kier molecular flexibility index (Phi) is 4.18. The molecule has 2 N–H and O–H groups in total. The molecule has 2 rings (SSSR count). The normalized spacial score (nSPS) is 12.7. The molecule has 0 saturated heterocycles. The fourth-order valence-electron chi connectivity index (χ4n) is 2.48. The molecule has 0 aliphatic rings. The van der Waals surface area contributed by atoms with Crippen molar-refractivity contribution in [2.45, 2.75) is 39.8 Å². The number of nitrogens with zero attached hydrogens (tertiary/aromatic N) is 2. The monoisotopic (exact) mass is 279 g/mol. The van der Waals surface area contributed by atoms with E-state index in [9.17, 15) is 8.78 Å². The van der Waals surface area contributed by atoms with Crippen LogP contribution in [0, 0.1) is 25.5 Å². The highest BCUT2D eigenvalue weighted by molar-refractivity contribution is 5.29. The van der Waals surface area contributed by atoms with Crippen molar-refractivity contribution in [1.29, 1.82) is 0 Å². The lowest BCUT2D eigenvalue weighted by Crippen LogP contribution is -2.11. The Hall–Kier alpha value is -1.75. The van der Waals surface area contributed by atoms with Crippen LogP contribution >= 0.6 is 0 Å². The highest BCUT2D eigenvalue weighted by Crippen LogP contribution is 2.23. The van der Waals surface area contributed by atoms with Crippen molar-refractivity contribution in [3.63, 3.8) is 0 Å². The van der Waals surface area contributed by atoms with Crippen LogP contribution in [0.4, 0.5) is 8.78 Å². The Labute approximate surface area is 117 Å². The molecule has 108 valence electrons. The standard InChI is InChI=1S/C15H19F2N3/c1-4-14(18)15-9(2)19-20(10(15)3)8-11-5-12(16)7-13(17)6-11/h5-7,14H,4,8,18H2,1-3H3. The molecule has 1 heterocycles. The van der Waals surface area contributed by atoms with Gasteiger partial charge in [-0.1, -0.05) is 6.92 Å². The summed E-state index contributed by atoms with van der Waals surface area (Å²) in [5, 5.41) is 4.43. The average Bonchev–Trinajstić information content (AvgIpc) is 2.62. The molecule has 5 heteroatoms. The zero-order chi connectivity index (χ0) is 14.9. The Morgan fingerprint density at radius 3 is 2.35 bits per heavy atom. The van der Waals surface area contributed by atoms with E-state index < -0.39 is 11.6 Å². The van der Waals surface area contributed by atoms with E-state index in [0.717, 1.165) is 29.4 Å². The van der Waals surface area contributed by atoms with E-state index in [1.165, 1.54) is 12.1 Å². The van der Waals surface area contributed by atoms with Gasteiger partial charge in [0.05, 0.1) is 12.2 Å². The first kappa shape index (κ1) is 14.7. The second kappa shape index (κ2) is 5.71. The molecule has 1 atom stereocenters. The van der Waals surface area contributed by atoms with E-state index in [-0.39, 0.29) is 6.04 Å². The van der Waals surface area contributed by atoms with Gasteiger partial charge in [-0.2, -0.15) is 5.10 Å². The van der Waals surface area contributed by atoms with Crippen LogP contribution in [-0.2, 0) is 6.54 Å². The Morgan fingerprint density at radius 1 is 1.20 bits per heavy atom. The van der Waals surface area contributed by atoms with Gasteiger partial charge in [0.1, 0.15) is 11.6 Å². The van der Waals surface area contributed by atoms with Crippen molar-refractivity contribution in [1.82, 2.24) is 9.78 Å². The van der Waals surface area contributed by atoms with E-state index in [4.69, 9.17) is 5.73 Å². The molecule has 0 aliphatic carbocycles. The summed E-state index contributed by atoms with van der Waals surface area (Å²) in [6, 6.07) is 3.44. The van der Waals surface area contributed by atoms with Crippen LogP contribution in [-0.4, -0.2) is 9.78 Å². The SMILES string of the molecule is CCC(N)c1c(C)nn(Cc2cc(F)cc(F)c2)c1C. The van der Waals surface area contributed by atoms with Gasteiger partial charge in [0.15, 0.2) is 0 Å². The van der Waals surface area contributed by atoms with Gasteiger partial charge in [-0.15, -0.1) is 0 Å².